The van der Waals surface area contributed by atoms with Crippen LogP contribution < -0.4 is 0 Å². The molecule has 3 aliphatic carbocycles. The summed E-state index contributed by atoms with van der Waals surface area (Å²) in [6.45, 7) is 23.9. The van der Waals surface area contributed by atoms with Crippen molar-refractivity contribution in [3.63, 3.8) is 0 Å². The predicted molar refractivity (Wildman–Crippen MR) is 121 cm³/mol. The van der Waals surface area contributed by atoms with Crippen molar-refractivity contribution in [3.8, 4) is 0 Å². The summed E-state index contributed by atoms with van der Waals surface area (Å²) in [5.74, 6) is 2.38. The van der Waals surface area contributed by atoms with E-state index in [-0.39, 0.29) is 22.3 Å². The molecule has 3 heteroatoms. The van der Waals surface area contributed by atoms with Gasteiger partial charge in [0, 0.05) is 11.3 Å². The molecule has 3 fully saturated rings. The zero-order valence-corrected chi connectivity index (χ0v) is 21.0. The Morgan fingerprint density at radius 1 is 0.967 bits per heavy atom. The van der Waals surface area contributed by atoms with Gasteiger partial charge in [0.1, 0.15) is 6.10 Å². The fourth-order valence-corrected chi connectivity index (χ4v) is 9.05. The van der Waals surface area contributed by atoms with Crippen LogP contribution in [0, 0.1) is 45.8 Å². The summed E-state index contributed by atoms with van der Waals surface area (Å²) in [6, 6.07) is 0. The molecule has 170 valence electrons. The lowest BCUT2D eigenvalue weighted by atomic mass is 9.40. The normalized spacial score (nSPS) is 52.5. The number of carbonyl (C=O) groups is 1. The lowest BCUT2D eigenvalue weighted by molar-refractivity contribution is -0.198. The van der Waals surface area contributed by atoms with Crippen LogP contribution in [0.4, 0.5) is 4.79 Å². The first kappa shape index (κ1) is 22.2. The van der Waals surface area contributed by atoms with Crippen molar-refractivity contribution in [1.29, 1.82) is 0 Å². The van der Waals surface area contributed by atoms with E-state index in [9.17, 15) is 4.79 Å². The lowest BCUT2D eigenvalue weighted by Gasteiger charge is -2.65. The second kappa shape index (κ2) is 6.51. The molecule has 2 saturated carbocycles. The Bertz CT molecular complexity index is 781. The molecule has 0 aromatic carbocycles. The van der Waals surface area contributed by atoms with Gasteiger partial charge in [-0.2, -0.15) is 0 Å². The zero-order valence-electron chi connectivity index (χ0n) is 21.0. The van der Waals surface area contributed by atoms with Crippen molar-refractivity contribution in [2.75, 3.05) is 0 Å². The number of allylic oxidation sites excluding steroid dienone is 1. The lowest BCUT2D eigenvalue weighted by Crippen LogP contribution is -2.67. The third kappa shape index (κ3) is 2.47. The molecule has 0 aromatic heterocycles. The molecule has 4 rings (SSSR count). The summed E-state index contributed by atoms with van der Waals surface area (Å²) in [5.41, 5.74) is 2.47. The molecule has 1 saturated heterocycles. The van der Waals surface area contributed by atoms with Gasteiger partial charge in [-0.25, -0.2) is 4.79 Å². The number of hydrogen-bond acceptors (Lipinski definition) is 3. The van der Waals surface area contributed by atoms with Gasteiger partial charge in [-0.3, -0.25) is 0 Å². The molecule has 1 spiro atoms. The smallest absolute Gasteiger partial charge is 0.426 e. The largest absolute Gasteiger partial charge is 0.509 e. The van der Waals surface area contributed by atoms with Crippen LogP contribution in [-0.2, 0) is 9.47 Å². The quantitative estimate of drug-likeness (QED) is 0.330. The number of hydrogen-bond donors (Lipinski definition) is 0. The van der Waals surface area contributed by atoms with Crippen molar-refractivity contribution in [3.05, 3.63) is 11.1 Å². The Morgan fingerprint density at radius 3 is 2.20 bits per heavy atom. The van der Waals surface area contributed by atoms with Crippen LogP contribution in [-0.4, -0.2) is 17.9 Å². The van der Waals surface area contributed by atoms with Gasteiger partial charge in [-0.1, -0.05) is 79.9 Å². The van der Waals surface area contributed by atoms with E-state index < -0.39 is 11.8 Å². The maximum absolute atomic E-state index is 12.9. The van der Waals surface area contributed by atoms with E-state index in [0.29, 0.717) is 29.6 Å². The van der Waals surface area contributed by atoms with E-state index >= 15 is 0 Å². The van der Waals surface area contributed by atoms with E-state index in [1.165, 1.54) is 17.6 Å². The topological polar surface area (TPSA) is 35.5 Å². The summed E-state index contributed by atoms with van der Waals surface area (Å²) in [7, 11) is 0. The molecule has 4 aliphatic rings. The van der Waals surface area contributed by atoms with Crippen molar-refractivity contribution < 1.29 is 14.3 Å². The van der Waals surface area contributed by atoms with E-state index in [2.05, 4.69) is 69.2 Å². The molecule has 0 radical (unpaired) electrons. The first-order valence-electron chi connectivity index (χ1n) is 12.4. The highest BCUT2D eigenvalue weighted by atomic mass is 16.8. The van der Waals surface area contributed by atoms with Crippen LogP contribution in [0.3, 0.4) is 0 Å². The summed E-state index contributed by atoms with van der Waals surface area (Å²) >= 11 is 0. The zero-order chi connectivity index (χ0) is 22.4. The van der Waals surface area contributed by atoms with Gasteiger partial charge in [-0.15, -0.1) is 0 Å². The monoisotopic (exact) mass is 416 g/mol. The Balaban J connectivity index is 2.04. The Morgan fingerprint density at radius 2 is 1.60 bits per heavy atom. The minimum atomic E-state index is -0.577. The molecule has 0 amide bonds. The van der Waals surface area contributed by atoms with Gasteiger partial charge >= 0.3 is 6.16 Å². The molecule has 0 N–H and O–H groups in total. The highest BCUT2D eigenvalue weighted by Crippen LogP contribution is 2.70. The summed E-state index contributed by atoms with van der Waals surface area (Å²) in [5, 5.41) is 0. The van der Waals surface area contributed by atoms with Gasteiger partial charge in [0.25, 0.3) is 0 Å². The molecule has 6 unspecified atom stereocenters. The Labute approximate surface area is 184 Å². The van der Waals surface area contributed by atoms with Crippen LogP contribution in [0.15, 0.2) is 11.1 Å². The Hall–Kier alpha value is -0.990. The average molecular weight is 417 g/mol. The van der Waals surface area contributed by atoms with Gasteiger partial charge in [0.15, 0.2) is 5.60 Å². The molecule has 1 heterocycles. The van der Waals surface area contributed by atoms with Crippen LogP contribution in [0.25, 0.3) is 0 Å². The number of fused-ring (bicyclic) bond motifs is 3. The first-order valence-corrected chi connectivity index (χ1v) is 12.4. The number of rotatable bonds is 1. The van der Waals surface area contributed by atoms with E-state index in [1.807, 2.05) is 0 Å². The highest BCUT2D eigenvalue weighted by Gasteiger charge is 2.72. The molecule has 9 atom stereocenters. The summed E-state index contributed by atoms with van der Waals surface area (Å²) in [4.78, 5) is 12.9. The van der Waals surface area contributed by atoms with Crippen molar-refractivity contribution >= 4 is 6.16 Å². The van der Waals surface area contributed by atoms with Gasteiger partial charge in [0.05, 0.1) is 0 Å². The summed E-state index contributed by atoms with van der Waals surface area (Å²) in [6.07, 6.45) is 3.76. The third-order valence-electron chi connectivity index (χ3n) is 11.1. The molecule has 2 bridgehead atoms. The van der Waals surface area contributed by atoms with Crippen LogP contribution in [0.5, 0.6) is 0 Å². The SMILES string of the molecule is CCC1(C)C(C)C[C@H](C)[C@@]2(C)CC(C)C3=C(C)C(C)C[C@]4(OC(=O)OC4C12)C3(C)C. The average Bonchev–Trinajstić information content (AvgIpc) is 2.95. The predicted octanol–water partition coefficient (Wildman–Crippen LogP) is 7.40. The van der Waals surface area contributed by atoms with E-state index in [0.717, 1.165) is 19.3 Å². The second-order valence-corrected chi connectivity index (χ2v) is 12.6. The highest BCUT2D eigenvalue weighted by molar-refractivity contribution is 5.65. The second-order valence-electron chi connectivity index (χ2n) is 12.6. The molecular formula is C27H44O3. The number of carbonyl (C=O) groups excluding carboxylic acids is 1. The van der Waals surface area contributed by atoms with Crippen LogP contribution in [0.2, 0.25) is 0 Å². The molecule has 30 heavy (non-hydrogen) atoms. The number of ether oxygens (including phenoxy) is 2. The van der Waals surface area contributed by atoms with Gasteiger partial charge in [0.2, 0.25) is 0 Å². The summed E-state index contributed by atoms with van der Waals surface area (Å²) < 4.78 is 12.6. The van der Waals surface area contributed by atoms with E-state index in [4.69, 9.17) is 9.47 Å². The standard InChI is InChI=1S/C27H44O3/c1-11-25(9)17(4)12-18(5)26(10)13-16(3)20-19(6)15(2)14-27(24(20,7)8)22(21(25)26)29-23(28)30-27/h15-18,21-22H,11-14H2,1-10H3/t15?,16?,17?,18-,21?,22?,25?,26+,27+/m0/s1. The van der Waals surface area contributed by atoms with Gasteiger partial charge in [-0.05, 0) is 60.7 Å². The van der Waals surface area contributed by atoms with Crippen molar-refractivity contribution in [2.24, 2.45) is 45.8 Å². The fraction of sp³-hybridized carbons (Fsp3) is 0.889. The third-order valence-corrected chi connectivity index (χ3v) is 11.1. The maximum Gasteiger partial charge on any atom is 0.509 e. The van der Waals surface area contributed by atoms with E-state index in [1.54, 1.807) is 0 Å². The minimum absolute atomic E-state index is 0.114. The van der Waals surface area contributed by atoms with Crippen molar-refractivity contribution in [1.82, 2.24) is 0 Å². The first-order chi connectivity index (χ1) is 13.8. The van der Waals surface area contributed by atoms with Crippen molar-refractivity contribution in [2.45, 2.75) is 107 Å². The molecule has 3 nitrogen and oxygen atoms in total. The van der Waals surface area contributed by atoms with Gasteiger partial charge < -0.3 is 9.47 Å². The Kier molecular flexibility index (Phi) is 4.82. The van der Waals surface area contributed by atoms with Crippen LogP contribution >= 0.6 is 0 Å². The maximum atomic E-state index is 12.9. The molecule has 1 aliphatic heterocycles. The molecule has 0 aromatic rings. The minimum Gasteiger partial charge on any atom is -0.426 e. The molecular weight excluding hydrogens is 372 g/mol. The van der Waals surface area contributed by atoms with Crippen LogP contribution in [0.1, 0.15) is 94.9 Å². The fourth-order valence-electron chi connectivity index (χ4n) is 9.05.